The van der Waals surface area contributed by atoms with E-state index in [9.17, 15) is 63.5 Å². The van der Waals surface area contributed by atoms with Gasteiger partial charge >= 0.3 is 35.8 Å². The zero-order valence-corrected chi connectivity index (χ0v) is 35.4. The van der Waals surface area contributed by atoms with E-state index in [1.807, 2.05) is 0 Å². The summed E-state index contributed by atoms with van der Waals surface area (Å²) in [7, 11) is 2.48. The Hall–Kier alpha value is -10.3. The number of nitro groups is 3. The molecule has 0 aromatic heterocycles. The van der Waals surface area contributed by atoms with Crippen molar-refractivity contribution in [2.45, 2.75) is 0 Å². The zero-order chi connectivity index (χ0) is 51.5. The minimum absolute atomic E-state index is 0.0312. The molecule has 0 radical (unpaired) electrons. The van der Waals surface area contributed by atoms with E-state index in [1.165, 1.54) is 74.9 Å². The van der Waals surface area contributed by atoms with E-state index < -0.39 is 67.7 Å². The lowest BCUT2D eigenvalue weighted by atomic mass is 10.1. The molecule has 0 amide bonds. The van der Waals surface area contributed by atoms with Gasteiger partial charge in [-0.15, -0.1) is 0 Å². The first-order valence-electron chi connectivity index (χ1n) is 18.8. The quantitative estimate of drug-likeness (QED) is 0.0249. The van der Waals surface area contributed by atoms with Gasteiger partial charge in [-0.05, 0) is 91.0 Å². The molecule has 0 saturated carbocycles. The minimum Gasteiger partial charge on any atom is -0.478 e. The molecular formula is C44H35FN6O18. The van der Waals surface area contributed by atoms with Crippen molar-refractivity contribution in [1.29, 1.82) is 0 Å². The molecule has 0 unspecified atom stereocenters. The molecule has 0 aliphatic carbocycles. The maximum Gasteiger partial charge on any atom is 0.340 e. The van der Waals surface area contributed by atoms with Crippen LogP contribution >= 0.6 is 0 Å². The van der Waals surface area contributed by atoms with Gasteiger partial charge < -0.3 is 46.3 Å². The number of ether oxygens (including phenoxy) is 2. The Morgan fingerprint density at radius 1 is 0.478 bits per heavy atom. The van der Waals surface area contributed by atoms with Crippen molar-refractivity contribution >= 4 is 81.3 Å². The van der Waals surface area contributed by atoms with Crippen LogP contribution in [0.25, 0.3) is 0 Å². The largest absolute Gasteiger partial charge is 0.478 e. The molecule has 0 heterocycles. The summed E-state index contributed by atoms with van der Waals surface area (Å²) in [6.45, 7) is 0. The van der Waals surface area contributed by atoms with Gasteiger partial charge in [-0.3, -0.25) is 30.3 Å². The van der Waals surface area contributed by atoms with Crippen LogP contribution in [0.15, 0.2) is 127 Å². The van der Waals surface area contributed by atoms with Crippen LogP contribution in [0, 0.1) is 36.2 Å². The van der Waals surface area contributed by atoms with Gasteiger partial charge in [0.2, 0.25) is 0 Å². The number of hydrogen-bond donors (Lipinski definition) is 7. The smallest absolute Gasteiger partial charge is 0.340 e. The number of nitrogens with two attached hydrogens (primary N) is 1. The number of carboxylic acids is 4. The number of rotatable bonds is 13. The average molecular weight is 955 g/mol. The van der Waals surface area contributed by atoms with Crippen molar-refractivity contribution in [3.8, 4) is 0 Å². The highest BCUT2D eigenvalue weighted by Crippen LogP contribution is 2.28. The average Bonchev–Trinajstić information content (AvgIpc) is 3.32. The molecular weight excluding hydrogens is 920 g/mol. The molecule has 0 saturated heterocycles. The molecule has 0 spiro atoms. The fourth-order valence-electron chi connectivity index (χ4n) is 5.20. The van der Waals surface area contributed by atoms with Gasteiger partial charge in [0, 0.05) is 53.5 Å². The van der Waals surface area contributed by atoms with E-state index in [1.54, 1.807) is 36.4 Å². The Kier molecular flexibility index (Phi) is 18.9. The van der Waals surface area contributed by atoms with Crippen LogP contribution in [-0.2, 0) is 9.47 Å². The maximum atomic E-state index is 12.7. The summed E-state index contributed by atoms with van der Waals surface area (Å²) < 4.78 is 21.9. The van der Waals surface area contributed by atoms with E-state index >= 15 is 0 Å². The van der Waals surface area contributed by atoms with Crippen LogP contribution < -0.4 is 16.4 Å². The maximum absolute atomic E-state index is 12.7. The van der Waals surface area contributed by atoms with E-state index in [0.29, 0.717) is 34.4 Å². The molecule has 0 aliphatic rings. The van der Waals surface area contributed by atoms with Gasteiger partial charge in [-0.2, -0.15) is 0 Å². The van der Waals surface area contributed by atoms with E-state index in [0.717, 1.165) is 24.3 Å². The third-order valence-electron chi connectivity index (χ3n) is 8.61. The Balaban J connectivity index is 0.000000257. The standard InChI is InChI=1S/C16H14N2O6.C14H10N2O6.C7H4FNO4.C7H7NO2/c1-23-15(19)10-3-5-11(6-4-10)17-14-8-7-12(18(21)22)9-13(14)16(20)24-2;17-13(18)8-1-3-9(4-2-8)15-12-6-5-10(16(21)22)7-11(12)14(19)20;8-6-2-1-4(9(12)13)3-5(6)7(10)11;8-6-3-1-5(2-4-6)7(9)10/h3-9,17H,1-2H3;1-7,15H,(H,17,18)(H,19,20);1-3H,(H,10,11);1-4H,8H2,(H,9,10). The molecule has 0 fully saturated rings. The van der Waals surface area contributed by atoms with Crippen LogP contribution in [0.3, 0.4) is 0 Å². The Morgan fingerprint density at radius 2 is 0.826 bits per heavy atom. The molecule has 25 heteroatoms. The summed E-state index contributed by atoms with van der Waals surface area (Å²) in [4.78, 5) is 95.4. The number of carboxylic acid groups (broad SMARTS) is 4. The number of methoxy groups -OCH3 is 2. The predicted octanol–water partition coefficient (Wildman–Crippen LogP) is 8.05. The van der Waals surface area contributed by atoms with Gasteiger partial charge in [0.15, 0.2) is 0 Å². The lowest BCUT2D eigenvalue weighted by molar-refractivity contribution is -0.385. The highest BCUT2D eigenvalue weighted by Gasteiger charge is 2.19. The normalized spacial score (nSPS) is 9.78. The van der Waals surface area contributed by atoms with Crippen molar-refractivity contribution in [3.05, 3.63) is 197 Å². The predicted molar refractivity (Wildman–Crippen MR) is 240 cm³/mol. The number of nitro benzene ring substituents is 3. The summed E-state index contributed by atoms with van der Waals surface area (Å²) in [5, 5.41) is 72.2. The van der Waals surface area contributed by atoms with E-state index in [2.05, 4.69) is 20.1 Å². The van der Waals surface area contributed by atoms with Gasteiger partial charge in [0.05, 0.1) is 68.2 Å². The Bertz CT molecular complexity index is 2910. The van der Waals surface area contributed by atoms with Crippen molar-refractivity contribution in [1.82, 2.24) is 0 Å². The number of hydrogen-bond acceptors (Lipinski definition) is 17. The number of halogens is 1. The SMILES string of the molecule is COC(=O)c1ccc(Nc2ccc([N+](=O)[O-])cc2C(=O)OC)cc1.Nc1ccc(C(=O)O)cc1.O=C(O)c1cc([N+](=O)[O-])ccc1F.O=C(O)c1ccc(Nc2ccc([N+](=O)[O-])cc2C(=O)O)cc1. The molecule has 356 valence electrons. The first kappa shape index (κ1) is 53.0. The second-order valence-corrected chi connectivity index (χ2v) is 13.1. The van der Waals surface area contributed by atoms with E-state index in [4.69, 9.17) is 26.2 Å². The Labute approximate surface area is 386 Å². The molecule has 6 aromatic rings. The van der Waals surface area contributed by atoms with Crippen molar-refractivity contribution in [3.63, 3.8) is 0 Å². The van der Waals surface area contributed by atoms with Crippen molar-refractivity contribution < 1.29 is 77.8 Å². The van der Waals surface area contributed by atoms with Crippen LogP contribution in [-0.4, -0.2) is 85.2 Å². The Morgan fingerprint density at radius 3 is 1.20 bits per heavy atom. The fourth-order valence-corrected chi connectivity index (χ4v) is 5.20. The zero-order valence-electron chi connectivity index (χ0n) is 35.4. The summed E-state index contributed by atoms with van der Waals surface area (Å²) in [6.07, 6.45) is 0. The van der Waals surface area contributed by atoms with Crippen LogP contribution in [0.4, 0.5) is 49.9 Å². The van der Waals surface area contributed by atoms with Gasteiger partial charge in [-0.1, -0.05) is 0 Å². The monoisotopic (exact) mass is 954 g/mol. The minimum atomic E-state index is -1.53. The number of esters is 2. The number of nitrogens with one attached hydrogen (secondary N) is 2. The van der Waals surface area contributed by atoms with E-state index in [-0.39, 0.29) is 39.3 Å². The molecule has 0 bridgehead atoms. The molecule has 6 rings (SSSR count). The van der Waals surface area contributed by atoms with Crippen molar-refractivity contribution in [2.24, 2.45) is 0 Å². The number of aromatic carboxylic acids is 4. The first-order valence-corrected chi connectivity index (χ1v) is 18.8. The summed E-state index contributed by atoms with van der Waals surface area (Å²) in [5.74, 6) is -7.00. The number of nitrogen functional groups attached to an aromatic ring is 1. The third-order valence-corrected chi connectivity index (χ3v) is 8.61. The second kappa shape index (κ2) is 24.7. The highest BCUT2D eigenvalue weighted by atomic mass is 19.1. The molecule has 24 nitrogen and oxygen atoms in total. The number of benzene rings is 6. The molecule has 69 heavy (non-hydrogen) atoms. The highest BCUT2D eigenvalue weighted by molar-refractivity contribution is 5.98. The number of carbonyl (C=O) groups excluding carboxylic acids is 2. The number of nitrogens with zero attached hydrogens (tertiary/aromatic N) is 3. The van der Waals surface area contributed by atoms with Crippen molar-refractivity contribution in [2.75, 3.05) is 30.6 Å². The van der Waals surface area contributed by atoms with Crippen LogP contribution in [0.5, 0.6) is 0 Å². The molecule has 0 aliphatic heterocycles. The van der Waals surface area contributed by atoms with Gasteiger partial charge in [-0.25, -0.2) is 33.2 Å². The fraction of sp³-hybridized carbons (Fsp3) is 0.0455. The lowest BCUT2D eigenvalue weighted by Gasteiger charge is -2.11. The van der Waals surface area contributed by atoms with Gasteiger partial charge in [0.25, 0.3) is 17.1 Å². The summed E-state index contributed by atoms with van der Waals surface area (Å²) in [6, 6.07) is 27.6. The summed E-state index contributed by atoms with van der Waals surface area (Å²) in [5.41, 5.74) is 6.27. The second-order valence-electron chi connectivity index (χ2n) is 13.1. The van der Waals surface area contributed by atoms with Crippen LogP contribution in [0.1, 0.15) is 62.1 Å². The summed E-state index contributed by atoms with van der Waals surface area (Å²) >= 11 is 0. The molecule has 0 atom stereocenters. The molecule has 6 aromatic carbocycles. The number of anilines is 5. The number of non-ortho nitro benzene ring substituents is 3. The molecule has 8 N–H and O–H groups in total. The van der Waals surface area contributed by atoms with Gasteiger partial charge in [0.1, 0.15) is 11.4 Å². The van der Waals surface area contributed by atoms with Crippen LogP contribution in [0.2, 0.25) is 0 Å². The first-order chi connectivity index (χ1) is 32.6. The topological polar surface area (TPSA) is 381 Å². The third kappa shape index (κ3) is 15.7. The number of carbonyl (C=O) groups is 6. The lowest BCUT2D eigenvalue weighted by Crippen LogP contribution is -2.07.